The Morgan fingerprint density at radius 3 is 2.86 bits per heavy atom. The maximum atomic E-state index is 13.4. The van der Waals surface area contributed by atoms with E-state index in [1.54, 1.807) is 19.2 Å². The third-order valence-corrected chi connectivity index (χ3v) is 4.81. The molecule has 1 N–H and O–H groups in total. The molecule has 0 aromatic heterocycles. The number of benzene rings is 1. The van der Waals surface area contributed by atoms with E-state index in [0.29, 0.717) is 10.9 Å². The Kier molecular flexibility index (Phi) is 6.94. The normalized spacial score (nSPS) is 17.3. The van der Waals surface area contributed by atoms with E-state index >= 15 is 0 Å². The van der Waals surface area contributed by atoms with Gasteiger partial charge in [-0.25, -0.2) is 4.39 Å². The number of halogens is 2. The van der Waals surface area contributed by atoms with Gasteiger partial charge in [-0.05, 0) is 48.6 Å². The molecule has 1 saturated carbocycles. The van der Waals surface area contributed by atoms with Gasteiger partial charge in [0.2, 0.25) is 0 Å². The molecular weight excluding hydrogens is 289 g/mol. The molecule has 0 amide bonds. The summed E-state index contributed by atoms with van der Waals surface area (Å²) in [6, 6.07) is 4.67. The highest BCUT2D eigenvalue weighted by atomic mass is 35.5. The Labute approximate surface area is 132 Å². The first-order valence-electron chi connectivity index (χ1n) is 7.84. The molecule has 1 atom stereocenters. The van der Waals surface area contributed by atoms with Crippen LogP contribution in [0.2, 0.25) is 5.02 Å². The van der Waals surface area contributed by atoms with Crippen molar-refractivity contribution >= 4 is 11.6 Å². The van der Waals surface area contributed by atoms with Gasteiger partial charge in [-0.1, -0.05) is 37.3 Å². The first kappa shape index (κ1) is 16.7. The van der Waals surface area contributed by atoms with Crippen LogP contribution in [0.15, 0.2) is 18.2 Å². The molecule has 2 rings (SSSR count). The van der Waals surface area contributed by atoms with Gasteiger partial charge in [0, 0.05) is 18.7 Å². The predicted octanol–water partition coefficient (Wildman–Crippen LogP) is 4.06. The molecule has 1 fully saturated rings. The molecule has 118 valence electrons. The van der Waals surface area contributed by atoms with Gasteiger partial charge in [0.1, 0.15) is 5.82 Å². The van der Waals surface area contributed by atoms with Crippen LogP contribution in [0, 0.1) is 17.7 Å². The fraction of sp³-hybridized carbons (Fsp3) is 0.647. The number of methoxy groups -OCH3 is 1. The van der Waals surface area contributed by atoms with Gasteiger partial charge in [0.05, 0.1) is 6.61 Å². The average molecular weight is 314 g/mol. The number of hydrogen-bond donors (Lipinski definition) is 1. The molecule has 0 spiro atoms. The third kappa shape index (κ3) is 5.24. The molecule has 0 heterocycles. The first-order chi connectivity index (χ1) is 10.2. The number of ether oxygens (including phenoxy) is 1. The van der Waals surface area contributed by atoms with Gasteiger partial charge in [-0.3, -0.25) is 0 Å². The van der Waals surface area contributed by atoms with Gasteiger partial charge in [0.25, 0.3) is 0 Å². The van der Waals surface area contributed by atoms with Crippen LogP contribution in [0.3, 0.4) is 0 Å². The van der Waals surface area contributed by atoms with Crippen LogP contribution in [0.1, 0.15) is 31.2 Å². The lowest BCUT2D eigenvalue weighted by molar-refractivity contribution is 0.195. The zero-order valence-electron chi connectivity index (χ0n) is 12.7. The molecule has 0 radical (unpaired) electrons. The summed E-state index contributed by atoms with van der Waals surface area (Å²) >= 11 is 6.22. The first-order valence-corrected chi connectivity index (χ1v) is 8.22. The number of hydrogen-bond acceptors (Lipinski definition) is 2. The van der Waals surface area contributed by atoms with Gasteiger partial charge in [-0.15, -0.1) is 0 Å². The SMILES string of the molecule is COCCNCC(Cc1cc(F)ccc1Cl)C1CCCC1. The lowest BCUT2D eigenvalue weighted by atomic mass is 9.85. The number of nitrogens with one attached hydrogen (secondary N) is 1. The Hall–Kier alpha value is -0.640. The zero-order valence-corrected chi connectivity index (χ0v) is 13.5. The van der Waals surface area contributed by atoms with E-state index in [1.165, 1.54) is 31.7 Å². The largest absolute Gasteiger partial charge is 0.383 e. The Bertz CT molecular complexity index is 435. The standard InChI is InChI=1S/C17H25ClFNO/c1-21-9-8-20-12-15(13-4-2-3-5-13)10-14-11-16(19)6-7-17(14)18/h6-7,11,13,15,20H,2-5,8-10,12H2,1H3. The van der Waals surface area contributed by atoms with Gasteiger partial charge < -0.3 is 10.1 Å². The van der Waals surface area contributed by atoms with Crippen LogP contribution in [0.5, 0.6) is 0 Å². The van der Waals surface area contributed by atoms with Crippen LogP contribution in [0.4, 0.5) is 4.39 Å². The van der Waals surface area contributed by atoms with E-state index in [1.807, 2.05) is 0 Å². The lowest BCUT2D eigenvalue weighted by Gasteiger charge is -2.24. The van der Waals surface area contributed by atoms with Crippen LogP contribution in [-0.4, -0.2) is 26.8 Å². The maximum absolute atomic E-state index is 13.4. The average Bonchev–Trinajstić information content (AvgIpc) is 3.00. The van der Waals surface area contributed by atoms with Crippen LogP contribution >= 0.6 is 11.6 Å². The molecule has 1 aromatic carbocycles. The van der Waals surface area contributed by atoms with Crippen molar-refractivity contribution in [2.75, 3.05) is 26.8 Å². The van der Waals surface area contributed by atoms with Crippen molar-refractivity contribution in [1.82, 2.24) is 5.32 Å². The van der Waals surface area contributed by atoms with E-state index < -0.39 is 0 Å². The predicted molar refractivity (Wildman–Crippen MR) is 85.3 cm³/mol. The second-order valence-corrected chi connectivity index (χ2v) is 6.35. The minimum Gasteiger partial charge on any atom is -0.383 e. The summed E-state index contributed by atoms with van der Waals surface area (Å²) in [5.41, 5.74) is 0.933. The monoisotopic (exact) mass is 313 g/mol. The summed E-state index contributed by atoms with van der Waals surface area (Å²) in [5.74, 6) is 1.04. The molecule has 1 unspecified atom stereocenters. The molecule has 0 aliphatic heterocycles. The quantitative estimate of drug-likeness (QED) is 0.731. The Morgan fingerprint density at radius 1 is 1.38 bits per heavy atom. The highest BCUT2D eigenvalue weighted by molar-refractivity contribution is 6.31. The second-order valence-electron chi connectivity index (χ2n) is 5.94. The molecule has 21 heavy (non-hydrogen) atoms. The fourth-order valence-corrected chi connectivity index (χ4v) is 3.47. The van der Waals surface area contributed by atoms with Gasteiger partial charge in [-0.2, -0.15) is 0 Å². The lowest BCUT2D eigenvalue weighted by Crippen LogP contribution is -2.31. The van der Waals surface area contributed by atoms with Crippen molar-refractivity contribution in [2.45, 2.75) is 32.1 Å². The molecule has 0 bridgehead atoms. The highest BCUT2D eigenvalue weighted by Gasteiger charge is 2.25. The van der Waals surface area contributed by atoms with Crippen molar-refractivity contribution in [3.05, 3.63) is 34.6 Å². The van der Waals surface area contributed by atoms with Crippen LogP contribution in [0.25, 0.3) is 0 Å². The Morgan fingerprint density at radius 2 is 2.14 bits per heavy atom. The summed E-state index contributed by atoms with van der Waals surface area (Å²) in [4.78, 5) is 0. The molecule has 1 aliphatic carbocycles. The van der Waals surface area contributed by atoms with Crippen LogP contribution in [-0.2, 0) is 11.2 Å². The van der Waals surface area contributed by atoms with Gasteiger partial charge in [0.15, 0.2) is 0 Å². The van der Waals surface area contributed by atoms with E-state index in [-0.39, 0.29) is 5.82 Å². The van der Waals surface area contributed by atoms with E-state index in [2.05, 4.69) is 5.32 Å². The minimum absolute atomic E-state index is 0.202. The van der Waals surface area contributed by atoms with Crippen molar-refractivity contribution in [1.29, 1.82) is 0 Å². The molecule has 2 nitrogen and oxygen atoms in total. The minimum atomic E-state index is -0.202. The highest BCUT2D eigenvalue weighted by Crippen LogP contribution is 2.34. The fourth-order valence-electron chi connectivity index (χ4n) is 3.28. The third-order valence-electron chi connectivity index (χ3n) is 4.45. The van der Waals surface area contributed by atoms with Crippen molar-refractivity contribution < 1.29 is 9.13 Å². The molecule has 1 aromatic rings. The van der Waals surface area contributed by atoms with E-state index in [9.17, 15) is 4.39 Å². The number of rotatable bonds is 8. The van der Waals surface area contributed by atoms with E-state index in [4.69, 9.17) is 16.3 Å². The molecule has 4 heteroatoms. The summed E-state index contributed by atoms with van der Waals surface area (Å²) in [6.45, 7) is 2.52. The van der Waals surface area contributed by atoms with Crippen molar-refractivity contribution in [3.63, 3.8) is 0 Å². The summed E-state index contributed by atoms with van der Waals surface area (Å²) in [7, 11) is 1.71. The summed E-state index contributed by atoms with van der Waals surface area (Å²) < 4.78 is 18.5. The zero-order chi connectivity index (χ0) is 15.1. The maximum Gasteiger partial charge on any atom is 0.123 e. The van der Waals surface area contributed by atoms with Gasteiger partial charge >= 0.3 is 0 Å². The molecule has 1 aliphatic rings. The van der Waals surface area contributed by atoms with Crippen LogP contribution < -0.4 is 5.32 Å². The topological polar surface area (TPSA) is 21.3 Å². The molecule has 0 saturated heterocycles. The molecular formula is C17H25ClFNO. The second kappa shape index (κ2) is 8.72. The van der Waals surface area contributed by atoms with Crippen molar-refractivity contribution in [3.8, 4) is 0 Å². The smallest absolute Gasteiger partial charge is 0.123 e. The van der Waals surface area contributed by atoms with Crippen molar-refractivity contribution in [2.24, 2.45) is 11.8 Å². The Balaban J connectivity index is 1.98. The van der Waals surface area contributed by atoms with E-state index in [0.717, 1.165) is 37.6 Å². The summed E-state index contributed by atoms with van der Waals surface area (Å²) in [6.07, 6.45) is 6.04. The summed E-state index contributed by atoms with van der Waals surface area (Å²) in [5, 5.41) is 4.13.